The molecule has 30 heavy (non-hydrogen) atoms. The molecule has 8 heteroatoms. The van der Waals surface area contributed by atoms with Crippen LogP contribution in [0.25, 0.3) is 11.0 Å². The van der Waals surface area contributed by atoms with E-state index in [-0.39, 0.29) is 11.3 Å². The van der Waals surface area contributed by atoms with E-state index in [2.05, 4.69) is 0 Å². The van der Waals surface area contributed by atoms with E-state index in [1.54, 1.807) is 41.3 Å². The SMILES string of the molecule is COC(=O)c1cccc(C(=O)N2CCN(c3cc(=O)c4cccc(Cl)c4o3)CC2)c1. The zero-order valence-electron chi connectivity index (χ0n) is 16.3. The van der Waals surface area contributed by atoms with Gasteiger partial charge >= 0.3 is 5.97 Å². The zero-order chi connectivity index (χ0) is 21.3. The number of ether oxygens (including phenoxy) is 1. The molecule has 0 aliphatic carbocycles. The van der Waals surface area contributed by atoms with Crippen molar-refractivity contribution >= 4 is 40.3 Å². The predicted octanol–water partition coefficient (Wildman–Crippen LogP) is 3.20. The van der Waals surface area contributed by atoms with Crippen molar-refractivity contribution in [3.63, 3.8) is 0 Å². The molecule has 0 bridgehead atoms. The Labute approximate surface area is 177 Å². The fourth-order valence-corrected chi connectivity index (χ4v) is 3.71. The summed E-state index contributed by atoms with van der Waals surface area (Å²) in [7, 11) is 1.30. The summed E-state index contributed by atoms with van der Waals surface area (Å²) in [5, 5.41) is 0.816. The topological polar surface area (TPSA) is 80.1 Å². The Morgan fingerprint density at radius 3 is 2.43 bits per heavy atom. The van der Waals surface area contributed by atoms with Crippen LogP contribution >= 0.6 is 11.6 Å². The Hall–Kier alpha value is -3.32. The lowest BCUT2D eigenvalue weighted by Crippen LogP contribution is -2.49. The molecule has 1 aliphatic heterocycles. The minimum absolute atomic E-state index is 0.160. The highest BCUT2D eigenvalue weighted by molar-refractivity contribution is 6.34. The third-order valence-corrected chi connectivity index (χ3v) is 5.40. The average molecular weight is 427 g/mol. The van der Waals surface area contributed by atoms with Crippen molar-refractivity contribution < 1.29 is 18.7 Å². The van der Waals surface area contributed by atoms with E-state index in [4.69, 9.17) is 20.8 Å². The van der Waals surface area contributed by atoms with Gasteiger partial charge in [-0.25, -0.2) is 4.79 Å². The number of nitrogens with zero attached hydrogens (tertiary/aromatic N) is 2. The highest BCUT2D eigenvalue weighted by atomic mass is 35.5. The van der Waals surface area contributed by atoms with Gasteiger partial charge in [-0.05, 0) is 30.3 Å². The zero-order valence-corrected chi connectivity index (χ0v) is 17.0. The van der Waals surface area contributed by atoms with Gasteiger partial charge in [0.25, 0.3) is 5.91 Å². The van der Waals surface area contributed by atoms with E-state index >= 15 is 0 Å². The summed E-state index contributed by atoms with van der Waals surface area (Å²) in [5.74, 6) is -0.219. The number of esters is 1. The summed E-state index contributed by atoms with van der Waals surface area (Å²) in [6.45, 7) is 1.90. The molecule has 4 rings (SSSR count). The highest BCUT2D eigenvalue weighted by Gasteiger charge is 2.24. The summed E-state index contributed by atoms with van der Waals surface area (Å²) in [4.78, 5) is 40.6. The number of hydrogen-bond acceptors (Lipinski definition) is 6. The fraction of sp³-hybridized carbons (Fsp3) is 0.227. The molecule has 7 nitrogen and oxygen atoms in total. The van der Waals surface area contributed by atoms with Gasteiger partial charge in [0.1, 0.15) is 0 Å². The van der Waals surface area contributed by atoms with Crippen LogP contribution < -0.4 is 10.3 Å². The maximum atomic E-state index is 12.8. The molecular weight excluding hydrogens is 408 g/mol. The lowest BCUT2D eigenvalue weighted by Gasteiger charge is -2.35. The first-order valence-corrected chi connectivity index (χ1v) is 9.80. The van der Waals surface area contributed by atoms with Gasteiger partial charge in [-0.3, -0.25) is 9.59 Å². The second-order valence-corrected chi connectivity index (χ2v) is 7.32. The minimum Gasteiger partial charge on any atom is -0.465 e. The number of benzene rings is 2. The van der Waals surface area contributed by atoms with Crippen LogP contribution in [-0.2, 0) is 4.74 Å². The standard InChI is InChI=1S/C22H19ClN2O5/c1-29-22(28)15-5-2-4-14(12-15)21(27)25-10-8-24(9-11-25)19-13-18(26)16-6-3-7-17(23)20(16)30-19/h2-7,12-13H,8-11H2,1H3. The summed E-state index contributed by atoms with van der Waals surface area (Å²) in [5.41, 5.74) is 0.957. The molecule has 2 aromatic carbocycles. The molecule has 1 aromatic heterocycles. The van der Waals surface area contributed by atoms with Gasteiger partial charge in [-0.15, -0.1) is 0 Å². The van der Waals surface area contributed by atoms with Crippen molar-refractivity contribution in [2.45, 2.75) is 0 Å². The maximum Gasteiger partial charge on any atom is 0.337 e. The second-order valence-electron chi connectivity index (χ2n) is 6.92. The van der Waals surface area contributed by atoms with Crippen LogP contribution in [0.3, 0.4) is 0 Å². The minimum atomic E-state index is -0.487. The molecule has 0 unspecified atom stereocenters. The quantitative estimate of drug-likeness (QED) is 0.598. The molecule has 0 radical (unpaired) electrons. The summed E-state index contributed by atoms with van der Waals surface area (Å²) >= 11 is 6.18. The van der Waals surface area contributed by atoms with E-state index in [9.17, 15) is 14.4 Å². The summed E-state index contributed by atoms with van der Waals surface area (Å²) in [6, 6.07) is 13.0. The van der Waals surface area contributed by atoms with Crippen LogP contribution in [0.5, 0.6) is 0 Å². The molecule has 0 saturated carbocycles. The Morgan fingerprint density at radius 2 is 1.70 bits per heavy atom. The molecule has 1 fully saturated rings. The van der Waals surface area contributed by atoms with Gasteiger partial charge in [-0.1, -0.05) is 23.7 Å². The van der Waals surface area contributed by atoms with Gasteiger partial charge in [-0.2, -0.15) is 0 Å². The van der Waals surface area contributed by atoms with Crippen molar-refractivity contribution in [1.82, 2.24) is 4.90 Å². The molecule has 1 amide bonds. The van der Waals surface area contributed by atoms with Crippen LogP contribution in [0.4, 0.5) is 5.88 Å². The van der Waals surface area contributed by atoms with Crippen molar-refractivity contribution in [2.75, 3.05) is 38.2 Å². The van der Waals surface area contributed by atoms with Gasteiger partial charge in [0.15, 0.2) is 16.9 Å². The number of piperazine rings is 1. The first-order chi connectivity index (χ1) is 14.5. The van der Waals surface area contributed by atoms with Crippen molar-refractivity contribution in [2.24, 2.45) is 0 Å². The monoisotopic (exact) mass is 426 g/mol. The molecule has 1 saturated heterocycles. The number of fused-ring (bicyclic) bond motifs is 1. The number of methoxy groups -OCH3 is 1. The third kappa shape index (κ3) is 3.76. The van der Waals surface area contributed by atoms with E-state index in [1.807, 2.05) is 4.90 Å². The Bertz CT molecular complexity index is 1180. The Morgan fingerprint density at radius 1 is 1.00 bits per heavy atom. The Kier molecular flexibility index (Phi) is 5.46. The number of rotatable bonds is 3. The highest BCUT2D eigenvalue weighted by Crippen LogP contribution is 2.26. The van der Waals surface area contributed by atoms with Gasteiger partial charge in [0.05, 0.1) is 23.1 Å². The van der Waals surface area contributed by atoms with Crippen molar-refractivity contribution in [1.29, 1.82) is 0 Å². The Balaban J connectivity index is 1.50. The van der Waals surface area contributed by atoms with E-state index in [1.165, 1.54) is 19.2 Å². The van der Waals surface area contributed by atoms with Crippen LogP contribution in [0, 0.1) is 0 Å². The van der Waals surface area contributed by atoms with Gasteiger partial charge in [0, 0.05) is 37.8 Å². The predicted molar refractivity (Wildman–Crippen MR) is 113 cm³/mol. The molecule has 3 aromatic rings. The number of carbonyl (C=O) groups excluding carboxylic acids is 2. The van der Waals surface area contributed by atoms with E-state index in [0.29, 0.717) is 59.2 Å². The molecule has 1 aliphatic rings. The first-order valence-electron chi connectivity index (χ1n) is 9.43. The van der Waals surface area contributed by atoms with Crippen LogP contribution in [0.1, 0.15) is 20.7 Å². The molecule has 2 heterocycles. The first kappa shape index (κ1) is 20.0. The third-order valence-electron chi connectivity index (χ3n) is 5.10. The number of halogens is 1. The van der Waals surface area contributed by atoms with Crippen LogP contribution in [-0.4, -0.2) is 50.1 Å². The van der Waals surface area contributed by atoms with Crippen molar-refractivity contribution in [3.8, 4) is 0 Å². The van der Waals surface area contributed by atoms with Crippen LogP contribution in [0.15, 0.2) is 57.7 Å². The van der Waals surface area contributed by atoms with E-state index in [0.717, 1.165) is 0 Å². The number of anilines is 1. The number of hydrogen-bond donors (Lipinski definition) is 0. The van der Waals surface area contributed by atoms with Crippen LogP contribution in [0.2, 0.25) is 5.02 Å². The lowest BCUT2D eigenvalue weighted by atomic mass is 10.1. The maximum absolute atomic E-state index is 12.8. The molecular formula is C22H19ClN2O5. The number of para-hydroxylation sites is 1. The molecule has 0 spiro atoms. The van der Waals surface area contributed by atoms with Gasteiger partial charge in [0.2, 0.25) is 0 Å². The fourth-order valence-electron chi connectivity index (χ4n) is 3.50. The second kappa shape index (κ2) is 8.20. The normalized spacial score (nSPS) is 14.1. The smallest absolute Gasteiger partial charge is 0.337 e. The average Bonchev–Trinajstić information content (AvgIpc) is 2.79. The van der Waals surface area contributed by atoms with Gasteiger partial charge < -0.3 is 19.0 Å². The van der Waals surface area contributed by atoms with Crippen molar-refractivity contribution in [3.05, 3.63) is 74.9 Å². The van der Waals surface area contributed by atoms with E-state index < -0.39 is 5.97 Å². The molecule has 0 N–H and O–H groups in total. The lowest BCUT2D eigenvalue weighted by molar-refractivity contribution is 0.0600. The molecule has 154 valence electrons. The molecule has 0 atom stereocenters. The summed E-state index contributed by atoms with van der Waals surface area (Å²) in [6.07, 6.45) is 0. The number of amides is 1. The number of carbonyl (C=O) groups is 2. The summed E-state index contributed by atoms with van der Waals surface area (Å²) < 4.78 is 10.6. The largest absolute Gasteiger partial charge is 0.465 e.